The zero-order valence-corrected chi connectivity index (χ0v) is 16.9. The maximum Gasteiger partial charge on any atom is 0.338 e. The lowest BCUT2D eigenvalue weighted by atomic mass is 10.0. The number of hydrazine groups is 1. The molecular weight excluding hydrogens is 417 g/mol. The van der Waals surface area contributed by atoms with Crippen molar-refractivity contribution in [2.75, 3.05) is 17.3 Å². The number of hydrogen-bond donors (Lipinski definition) is 2. The van der Waals surface area contributed by atoms with Crippen LogP contribution in [0.1, 0.15) is 22.1 Å². The molecule has 0 bridgehead atoms. The van der Waals surface area contributed by atoms with Gasteiger partial charge in [-0.3, -0.25) is 14.9 Å². The molecule has 1 unspecified atom stereocenters. The van der Waals surface area contributed by atoms with E-state index in [1.54, 1.807) is 36.2 Å². The molecule has 2 N–H and O–H groups in total. The number of benzene rings is 3. The minimum atomic E-state index is -0.767. The molecule has 0 spiro atoms. The summed E-state index contributed by atoms with van der Waals surface area (Å²) in [6.45, 7) is 0. The minimum Gasteiger partial charge on any atom is -0.348 e. The van der Waals surface area contributed by atoms with Crippen LogP contribution in [0.3, 0.4) is 0 Å². The summed E-state index contributed by atoms with van der Waals surface area (Å²) in [6, 6.07) is 17.2. The number of nitro benzene ring substituents is 1. The van der Waals surface area contributed by atoms with Crippen LogP contribution in [0.5, 0.6) is 0 Å². The van der Waals surface area contributed by atoms with Crippen LogP contribution in [-0.2, 0) is 0 Å². The van der Waals surface area contributed by atoms with Crippen LogP contribution in [0.25, 0.3) is 0 Å². The molecule has 1 atom stereocenters. The third kappa shape index (κ3) is 3.93. The molecule has 0 fully saturated rings. The first-order valence-corrected chi connectivity index (χ1v) is 9.58. The molecule has 3 aromatic carbocycles. The highest BCUT2D eigenvalue weighted by molar-refractivity contribution is 6.03. The van der Waals surface area contributed by atoms with Gasteiger partial charge >= 0.3 is 6.03 Å². The van der Waals surface area contributed by atoms with Crippen molar-refractivity contribution in [3.8, 4) is 0 Å². The van der Waals surface area contributed by atoms with E-state index in [1.165, 1.54) is 48.5 Å². The molecule has 3 amide bonds. The summed E-state index contributed by atoms with van der Waals surface area (Å²) < 4.78 is 13.1. The zero-order chi connectivity index (χ0) is 22.8. The van der Waals surface area contributed by atoms with Gasteiger partial charge in [0.25, 0.3) is 11.6 Å². The van der Waals surface area contributed by atoms with Crippen molar-refractivity contribution < 1.29 is 18.9 Å². The number of non-ortho nitro benzene ring substituents is 1. The van der Waals surface area contributed by atoms with E-state index in [-0.39, 0.29) is 5.69 Å². The maximum atomic E-state index is 13.3. The number of carbonyl (C=O) groups excluding carboxylic acids is 2. The van der Waals surface area contributed by atoms with Gasteiger partial charge in [-0.1, -0.05) is 12.1 Å². The average Bonchev–Trinajstić information content (AvgIpc) is 2.79. The topological polar surface area (TPSA) is 108 Å². The molecule has 4 rings (SSSR count). The Morgan fingerprint density at radius 3 is 2.34 bits per heavy atom. The number of rotatable bonds is 4. The highest BCUT2D eigenvalue weighted by atomic mass is 19.1. The van der Waals surface area contributed by atoms with Gasteiger partial charge in [-0.25, -0.2) is 19.6 Å². The molecule has 1 heterocycles. The molecule has 10 heteroatoms. The molecule has 162 valence electrons. The first kappa shape index (κ1) is 20.8. The number of hydrogen-bond acceptors (Lipinski definition) is 5. The van der Waals surface area contributed by atoms with Crippen LogP contribution in [0.4, 0.5) is 26.2 Å². The van der Waals surface area contributed by atoms with Gasteiger partial charge in [-0.15, -0.1) is 0 Å². The summed E-state index contributed by atoms with van der Waals surface area (Å²) in [5.41, 5.74) is 4.40. The molecule has 0 saturated carbocycles. The quantitative estimate of drug-likeness (QED) is 0.475. The predicted octanol–water partition coefficient (Wildman–Crippen LogP) is 4.06. The van der Waals surface area contributed by atoms with Crippen molar-refractivity contribution in [1.82, 2.24) is 10.4 Å². The molecular formula is C22H18FN5O4. The van der Waals surface area contributed by atoms with Crippen molar-refractivity contribution in [2.45, 2.75) is 6.17 Å². The van der Waals surface area contributed by atoms with E-state index < -0.39 is 28.8 Å². The van der Waals surface area contributed by atoms with Gasteiger partial charge in [0.15, 0.2) is 6.17 Å². The van der Waals surface area contributed by atoms with Gasteiger partial charge in [-0.2, -0.15) is 0 Å². The highest BCUT2D eigenvalue weighted by Gasteiger charge is 2.38. The largest absolute Gasteiger partial charge is 0.348 e. The highest BCUT2D eigenvalue weighted by Crippen LogP contribution is 2.37. The molecule has 0 radical (unpaired) electrons. The van der Waals surface area contributed by atoms with Crippen LogP contribution < -0.4 is 15.6 Å². The van der Waals surface area contributed by atoms with Crippen molar-refractivity contribution in [2.24, 2.45) is 0 Å². The summed E-state index contributed by atoms with van der Waals surface area (Å²) in [6.07, 6.45) is -0.767. The summed E-state index contributed by atoms with van der Waals surface area (Å²) in [5, 5.41) is 14.7. The lowest BCUT2D eigenvalue weighted by Gasteiger charge is -2.43. The van der Waals surface area contributed by atoms with Gasteiger partial charge in [0.1, 0.15) is 5.82 Å². The first-order chi connectivity index (χ1) is 15.3. The number of nitrogens with one attached hydrogen (secondary N) is 2. The standard InChI is InChI=1S/C22H18FN5O4/c1-26-19-5-3-2-4-18(19)21(29)27(20(26)14-6-12-17(13-7-14)28(31)32)25-22(30)24-16-10-8-15(23)9-11-16/h2-13,20H,1H3,(H2,24,25,30). The van der Waals surface area contributed by atoms with Gasteiger partial charge in [0.2, 0.25) is 0 Å². The van der Waals surface area contributed by atoms with Crippen LogP contribution in [-0.4, -0.2) is 28.9 Å². The summed E-state index contributed by atoms with van der Waals surface area (Å²) in [5.74, 6) is -0.894. The van der Waals surface area contributed by atoms with Gasteiger partial charge in [0.05, 0.1) is 16.2 Å². The maximum absolute atomic E-state index is 13.3. The second-order valence-electron chi connectivity index (χ2n) is 7.10. The zero-order valence-electron chi connectivity index (χ0n) is 16.9. The number of halogens is 1. The smallest absolute Gasteiger partial charge is 0.338 e. The molecule has 1 aliphatic rings. The predicted molar refractivity (Wildman–Crippen MR) is 115 cm³/mol. The third-order valence-electron chi connectivity index (χ3n) is 5.07. The number of carbonyl (C=O) groups is 2. The molecule has 0 aliphatic carbocycles. The number of urea groups is 1. The van der Waals surface area contributed by atoms with E-state index in [0.717, 1.165) is 5.01 Å². The number of para-hydroxylation sites is 1. The van der Waals surface area contributed by atoms with Crippen molar-refractivity contribution >= 4 is 29.0 Å². The van der Waals surface area contributed by atoms with Gasteiger partial charge < -0.3 is 10.2 Å². The Labute approximate surface area is 182 Å². The second-order valence-corrected chi connectivity index (χ2v) is 7.10. The van der Waals surface area contributed by atoms with Crippen LogP contribution in [0.15, 0.2) is 72.8 Å². The fourth-order valence-corrected chi connectivity index (χ4v) is 3.56. The van der Waals surface area contributed by atoms with E-state index >= 15 is 0 Å². The Morgan fingerprint density at radius 2 is 1.69 bits per heavy atom. The lowest BCUT2D eigenvalue weighted by Crippen LogP contribution is -2.56. The second kappa shape index (κ2) is 8.34. The van der Waals surface area contributed by atoms with Crippen LogP contribution >= 0.6 is 0 Å². The average molecular weight is 435 g/mol. The van der Waals surface area contributed by atoms with Gasteiger partial charge in [-0.05, 0) is 54.1 Å². The Hall–Kier alpha value is -4.47. The van der Waals surface area contributed by atoms with E-state index in [2.05, 4.69) is 10.7 Å². The fraction of sp³-hybridized carbons (Fsp3) is 0.0909. The number of nitrogens with zero attached hydrogens (tertiary/aromatic N) is 3. The number of anilines is 2. The van der Waals surface area contributed by atoms with E-state index in [4.69, 9.17) is 0 Å². The SMILES string of the molecule is CN1c2ccccc2C(=O)N(NC(=O)Nc2ccc(F)cc2)C1c1ccc([N+](=O)[O-])cc1. The molecule has 1 aliphatic heterocycles. The summed E-state index contributed by atoms with van der Waals surface area (Å²) in [4.78, 5) is 38.2. The van der Waals surface area contributed by atoms with Crippen LogP contribution in [0.2, 0.25) is 0 Å². The summed E-state index contributed by atoms with van der Waals surface area (Å²) in [7, 11) is 1.75. The third-order valence-corrected chi connectivity index (χ3v) is 5.07. The lowest BCUT2D eigenvalue weighted by molar-refractivity contribution is -0.384. The molecule has 0 aromatic heterocycles. The number of fused-ring (bicyclic) bond motifs is 1. The summed E-state index contributed by atoms with van der Waals surface area (Å²) >= 11 is 0. The van der Waals surface area contributed by atoms with Crippen molar-refractivity contribution in [1.29, 1.82) is 0 Å². The Kier molecular flexibility index (Phi) is 5.42. The van der Waals surface area contributed by atoms with Crippen molar-refractivity contribution in [3.05, 3.63) is 99.9 Å². The van der Waals surface area contributed by atoms with E-state index in [0.29, 0.717) is 22.5 Å². The number of amides is 3. The van der Waals surface area contributed by atoms with E-state index in [1.807, 2.05) is 0 Å². The van der Waals surface area contributed by atoms with E-state index in [9.17, 15) is 24.1 Å². The minimum absolute atomic E-state index is 0.0903. The Morgan fingerprint density at radius 1 is 1.03 bits per heavy atom. The van der Waals surface area contributed by atoms with Crippen LogP contribution in [0, 0.1) is 15.9 Å². The van der Waals surface area contributed by atoms with Crippen molar-refractivity contribution in [3.63, 3.8) is 0 Å². The fourth-order valence-electron chi connectivity index (χ4n) is 3.56. The molecule has 9 nitrogen and oxygen atoms in total. The Bertz CT molecular complexity index is 1180. The molecule has 0 saturated heterocycles. The normalized spacial score (nSPS) is 15.2. The van der Waals surface area contributed by atoms with Gasteiger partial charge in [0, 0.05) is 24.9 Å². The Balaban J connectivity index is 1.67. The molecule has 3 aromatic rings. The monoisotopic (exact) mass is 435 g/mol. The molecule has 32 heavy (non-hydrogen) atoms. The first-order valence-electron chi connectivity index (χ1n) is 9.58. The number of nitro groups is 1.